The van der Waals surface area contributed by atoms with Crippen LogP contribution >= 0.6 is 0 Å². The van der Waals surface area contributed by atoms with Crippen LogP contribution in [0.2, 0.25) is 0 Å². The van der Waals surface area contributed by atoms with Crippen molar-refractivity contribution in [2.75, 3.05) is 20.1 Å². The summed E-state index contributed by atoms with van der Waals surface area (Å²) in [5.74, 6) is 0.143. The third-order valence-electron chi connectivity index (χ3n) is 3.42. The minimum absolute atomic E-state index is 0.0976. The third kappa shape index (κ3) is 2.92. The predicted octanol–water partition coefficient (Wildman–Crippen LogP) is 0.358. The molecule has 15 heavy (non-hydrogen) atoms. The van der Waals surface area contributed by atoms with Crippen molar-refractivity contribution in [2.45, 2.75) is 44.8 Å². The molecule has 1 aliphatic heterocycles. The molecule has 1 saturated heterocycles. The molecule has 0 radical (unpaired) electrons. The fourth-order valence-corrected chi connectivity index (χ4v) is 1.83. The first-order valence-electron chi connectivity index (χ1n) is 5.73. The maximum Gasteiger partial charge on any atom is 0.239 e. The summed E-state index contributed by atoms with van der Waals surface area (Å²) in [6.07, 6.45) is 2.28. The van der Waals surface area contributed by atoms with Crippen LogP contribution in [0.25, 0.3) is 0 Å². The van der Waals surface area contributed by atoms with Crippen molar-refractivity contribution in [1.29, 1.82) is 0 Å². The molecule has 0 aliphatic carbocycles. The van der Waals surface area contributed by atoms with Crippen LogP contribution in [-0.2, 0) is 4.79 Å². The number of likely N-dealkylation sites (tertiary alicyclic amines) is 1. The molecule has 1 heterocycles. The van der Waals surface area contributed by atoms with Crippen molar-refractivity contribution in [1.82, 2.24) is 10.2 Å². The lowest BCUT2D eigenvalue weighted by Crippen LogP contribution is -2.46. The Labute approximate surface area is 91.6 Å². The van der Waals surface area contributed by atoms with Crippen LogP contribution in [0.3, 0.4) is 0 Å². The van der Waals surface area contributed by atoms with Gasteiger partial charge in [-0.1, -0.05) is 13.8 Å². The van der Waals surface area contributed by atoms with E-state index in [0.717, 1.165) is 13.0 Å². The van der Waals surface area contributed by atoms with Crippen LogP contribution < -0.4 is 5.32 Å². The van der Waals surface area contributed by atoms with Crippen molar-refractivity contribution in [3.05, 3.63) is 0 Å². The molecular weight excluding hydrogens is 192 g/mol. The number of carbonyl (C=O) groups excluding carboxylic acids is 1. The lowest BCUT2D eigenvalue weighted by atomic mass is 9.97. The van der Waals surface area contributed by atoms with Gasteiger partial charge in [-0.25, -0.2) is 0 Å². The Bertz CT molecular complexity index is 227. The Balaban J connectivity index is 2.40. The molecular formula is C11H22N2O2. The zero-order valence-corrected chi connectivity index (χ0v) is 9.92. The number of carbonyl (C=O) groups is 1. The normalized spacial score (nSPS) is 22.5. The highest BCUT2D eigenvalue weighted by molar-refractivity contribution is 5.83. The van der Waals surface area contributed by atoms with Gasteiger partial charge in [0.15, 0.2) is 0 Å². The molecule has 0 aromatic carbocycles. The standard InChI is InChI=1S/C11H22N2O2/c1-4-11(15,5-2)8-12-9-6-7-13(3)10(9)14/h9,12,15H,4-8H2,1-3H3. The summed E-state index contributed by atoms with van der Waals surface area (Å²) < 4.78 is 0. The van der Waals surface area contributed by atoms with Gasteiger partial charge in [0.1, 0.15) is 0 Å². The molecule has 1 unspecified atom stereocenters. The first-order chi connectivity index (χ1) is 7.02. The van der Waals surface area contributed by atoms with E-state index < -0.39 is 5.60 Å². The van der Waals surface area contributed by atoms with Gasteiger partial charge >= 0.3 is 0 Å². The molecule has 0 saturated carbocycles. The van der Waals surface area contributed by atoms with Crippen molar-refractivity contribution < 1.29 is 9.90 Å². The summed E-state index contributed by atoms with van der Waals surface area (Å²) in [5, 5.41) is 13.2. The highest BCUT2D eigenvalue weighted by atomic mass is 16.3. The number of likely N-dealkylation sites (N-methyl/N-ethyl adjacent to an activating group) is 1. The van der Waals surface area contributed by atoms with Gasteiger partial charge in [0, 0.05) is 20.1 Å². The summed E-state index contributed by atoms with van der Waals surface area (Å²) in [5.41, 5.74) is -0.665. The van der Waals surface area contributed by atoms with Crippen molar-refractivity contribution in [2.24, 2.45) is 0 Å². The SMILES string of the molecule is CCC(O)(CC)CNC1CCN(C)C1=O. The zero-order chi connectivity index (χ0) is 11.5. The van der Waals surface area contributed by atoms with E-state index in [0.29, 0.717) is 19.4 Å². The van der Waals surface area contributed by atoms with E-state index in [1.165, 1.54) is 0 Å². The number of aliphatic hydroxyl groups is 1. The van der Waals surface area contributed by atoms with Gasteiger partial charge in [0.2, 0.25) is 5.91 Å². The number of nitrogens with zero attached hydrogens (tertiary/aromatic N) is 1. The van der Waals surface area contributed by atoms with Crippen molar-refractivity contribution in [3.63, 3.8) is 0 Å². The molecule has 1 rings (SSSR count). The molecule has 1 amide bonds. The monoisotopic (exact) mass is 214 g/mol. The van der Waals surface area contributed by atoms with E-state index in [4.69, 9.17) is 0 Å². The van der Waals surface area contributed by atoms with E-state index in [-0.39, 0.29) is 11.9 Å². The molecule has 1 fully saturated rings. The van der Waals surface area contributed by atoms with Crippen molar-refractivity contribution >= 4 is 5.91 Å². The lowest BCUT2D eigenvalue weighted by Gasteiger charge is -2.27. The van der Waals surface area contributed by atoms with Gasteiger partial charge in [0.05, 0.1) is 11.6 Å². The van der Waals surface area contributed by atoms with Crippen LogP contribution in [0.15, 0.2) is 0 Å². The summed E-state index contributed by atoms with van der Waals surface area (Å²) in [4.78, 5) is 13.3. The quantitative estimate of drug-likeness (QED) is 0.694. The average molecular weight is 214 g/mol. The average Bonchev–Trinajstić information content (AvgIpc) is 2.57. The Morgan fingerprint density at radius 3 is 2.53 bits per heavy atom. The zero-order valence-electron chi connectivity index (χ0n) is 9.92. The highest BCUT2D eigenvalue weighted by Crippen LogP contribution is 2.15. The summed E-state index contributed by atoms with van der Waals surface area (Å²) in [6.45, 7) is 5.25. The maximum absolute atomic E-state index is 11.6. The molecule has 1 aliphatic rings. The lowest BCUT2D eigenvalue weighted by molar-refractivity contribution is -0.128. The summed E-state index contributed by atoms with van der Waals surface area (Å²) in [6, 6.07) is -0.0976. The molecule has 0 aromatic heterocycles. The van der Waals surface area contributed by atoms with Crippen molar-refractivity contribution in [3.8, 4) is 0 Å². The summed E-state index contributed by atoms with van der Waals surface area (Å²) >= 11 is 0. The van der Waals surface area contributed by atoms with Crippen LogP contribution in [0.4, 0.5) is 0 Å². The third-order valence-corrected chi connectivity index (χ3v) is 3.42. The fourth-order valence-electron chi connectivity index (χ4n) is 1.83. The number of amides is 1. The Hall–Kier alpha value is -0.610. The minimum atomic E-state index is -0.665. The molecule has 2 N–H and O–H groups in total. The first-order valence-corrected chi connectivity index (χ1v) is 5.73. The van der Waals surface area contributed by atoms with E-state index in [1.807, 2.05) is 20.9 Å². The number of hydrogen-bond acceptors (Lipinski definition) is 3. The Morgan fingerprint density at radius 1 is 1.53 bits per heavy atom. The van der Waals surface area contributed by atoms with E-state index in [1.54, 1.807) is 4.90 Å². The smallest absolute Gasteiger partial charge is 0.239 e. The van der Waals surface area contributed by atoms with Gasteiger partial charge in [-0.05, 0) is 19.3 Å². The maximum atomic E-state index is 11.6. The van der Waals surface area contributed by atoms with E-state index in [9.17, 15) is 9.90 Å². The molecule has 0 spiro atoms. The Morgan fingerprint density at radius 2 is 2.13 bits per heavy atom. The van der Waals surface area contributed by atoms with E-state index in [2.05, 4.69) is 5.32 Å². The predicted molar refractivity (Wildman–Crippen MR) is 59.6 cm³/mol. The van der Waals surface area contributed by atoms with Gasteiger partial charge in [-0.2, -0.15) is 0 Å². The van der Waals surface area contributed by atoms with E-state index >= 15 is 0 Å². The van der Waals surface area contributed by atoms with Gasteiger partial charge in [-0.15, -0.1) is 0 Å². The van der Waals surface area contributed by atoms with Gasteiger partial charge < -0.3 is 15.3 Å². The second-order valence-electron chi connectivity index (χ2n) is 4.41. The van der Waals surface area contributed by atoms with Crippen LogP contribution in [0, 0.1) is 0 Å². The topological polar surface area (TPSA) is 52.6 Å². The number of rotatable bonds is 5. The number of nitrogens with one attached hydrogen (secondary N) is 1. The molecule has 0 aromatic rings. The van der Waals surface area contributed by atoms with Crippen LogP contribution in [-0.4, -0.2) is 47.7 Å². The number of hydrogen-bond donors (Lipinski definition) is 2. The molecule has 0 bridgehead atoms. The van der Waals surface area contributed by atoms with Crippen LogP contribution in [0.5, 0.6) is 0 Å². The second-order valence-corrected chi connectivity index (χ2v) is 4.41. The molecule has 4 nitrogen and oxygen atoms in total. The minimum Gasteiger partial charge on any atom is -0.389 e. The Kier molecular flexibility index (Phi) is 4.11. The molecule has 4 heteroatoms. The molecule has 1 atom stereocenters. The largest absolute Gasteiger partial charge is 0.389 e. The van der Waals surface area contributed by atoms with Gasteiger partial charge in [-0.3, -0.25) is 4.79 Å². The van der Waals surface area contributed by atoms with Crippen LogP contribution in [0.1, 0.15) is 33.1 Å². The second kappa shape index (κ2) is 4.94. The highest BCUT2D eigenvalue weighted by Gasteiger charge is 2.31. The fraction of sp³-hybridized carbons (Fsp3) is 0.909. The van der Waals surface area contributed by atoms with Gasteiger partial charge in [0.25, 0.3) is 0 Å². The molecule has 88 valence electrons. The summed E-state index contributed by atoms with van der Waals surface area (Å²) in [7, 11) is 1.82. The first kappa shape index (κ1) is 12.5.